The zero-order valence-corrected chi connectivity index (χ0v) is 26.3. The Balaban J connectivity index is 1.18. The van der Waals surface area contributed by atoms with Gasteiger partial charge in [-0.2, -0.15) is 13.2 Å². The molecular formula is C34H36F4N6O3. The Kier molecular flexibility index (Phi) is 8.02. The monoisotopic (exact) mass is 652 g/mol. The molecule has 47 heavy (non-hydrogen) atoms. The number of aryl methyl sites for hydroxylation is 2. The summed E-state index contributed by atoms with van der Waals surface area (Å²) in [5.41, 5.74) is 2.52. The molecule has 0 atom stereocenters. The molecule has 4 heterocycles. The van der Waals surface area contributed by atoms with E-state index in [1.54, 1.807) is 0 Å². The predicted molar refractivity (Wildman–Crippen MR) is 166 cm³/mol. The molecule has 2 aliphatic carbocycles. The Morgan fingerprint density at radius 3 is 2.36 bits per heavy atom. The number of halogens is 4. The van der Waals surface area contributed by atoms with Crippen molar-refractivity contribution in [2.45, 2.75) is 89.1 Å². The van der Waals surface area contributed by atoms with Crippen molar-refractivity contribution in [3.8, 4) is 11.1 Å². The topological polar surface area (TPSA) is 113 Å². The van der Waals surface area contributed by atoms with Crippen molar-refractivity contribution in [2.24, 2.45) is 4.99 Å². The minimum atomic E-state index is -4.57. The molecule has 2 N–H and O–H groups in total. The van der Waals surface area contributed by atoms with Gasteiger partial charge >= 0.3 is 6.18 Å². The normalized spacial score (nSPS) is 19.3. The number of pyridine rings is 1. The van der Waals surface area contributed by atoms with Gasteiger partial charge in [-0.25, -0.2) is 19.3 Å². The van der Waals surface area contributed by atoms with Crippen molar-refractivity contribution in [3.63, 3.8) is 0 Å². The van der Waals surface area contributed by atoms with Crippen LogP contribution in [0.2, 0.25) is 0 Å². The molecule has 2 aromatic heterocycles. The Bertz CT molecular complexity index is 1740. The highest BCUT2D eigenvalue weighted by molar-refractivity contribution is 6.16. The molecule has 0 bridgehead atoms. The summed E-state index contributed by atoms with van der Waals surface area (Å²) in [7, 11) is 0. The number of nitrogens with one attached hydrogen (secondary N) is 1. The van der Waals surface area contributed by atoms with Crippen LogP contribution in [0.15, 0.2) is 29.3 Å². The molecule has 2 aliphatic heterocycles. The summed E-state index contributed by atoms with van der Waals surface area (Å²) >= 11 is 0. The number of ether oxygens (including phenoxy) is 1. The van der Waals surface area contributed by atoms with Gasteiger partial charge in [-0.3, -0.25) is 9.79 Å². The van der Waals surface area contributed by atoms with E-state index in [1.165, 1.54) is 12.1 Å². The number of aliphatic hydroxyl groups is 1. The zero-order valence-electron chi connectivity index (χ0n) is 26.3. The van der Waals surface area contributed by atoms with Crippen molar-refractivity contribution in [1.29, 1.82) is 0 Å². The second kappa shape index (κ2) is 11.9. The summed E-state index contributed by atoms with van der Waals surface area (Å²) in [6.07, 6.45) is -0.0759. The van der Waals surface area contributed by atoms with Gasteiger partial charge in [0.1, 0.15) is 28.7 Å². The number of anilines is 1. The number of hydrogen-bond donors (Lipinski definition) is 2. The van der Waals surface area contributed by atoms with E-state index in [-0.39, 0.29) is 37.0 Å². The number of carbonyl (C=O) groups is 1. The number of nitrogens with zero attached hydrogens (tertiary/aromatic N) is 5. The second-order valence-corrected chi connectivity index (χ2v) is 13.0. The van der Waals surface area contributed by atoms with E-state index in [0.717, 1.165) is 37.3 Å². The zero-order chi connectivity index (χ0) is 33.1. The van der Waals surface area contributed by atoms with E-state index >= 15 is 4.39 Å². The van der Waals surface area contributed by atoms with Gasteiger partial charge in [-0.05, 0) is 82.2 Å². The van der Waals surface area contributed by atoms with Crippen LogP contribution >= 0.6 is 0 Å². The number of aromatic nitrogens is 3. The third-order valence-electron chi connectivity index (χ3n) is 9.45. The fraction of sp³-hybridized carbons (Fsp3) is 0.500. The molecule has 3 aromatic rings. The fourth-order valence-electron chi connectivity index (χ4n) is 6.64. The third-order valence-corrected chi connectivity index (χ3v) is 9.45. The average Bonchev–Trinajstić information content (AvgIpc) is 3.95. The molecule has 248 valence electrons. The van der Waals surface area contributed by atoms with E-state index in [4.69, 9.17) is 9.73 Å². The number of aliphatic imine (C=N–C) groups is 1. The van der Waals surface area contributed by atoms with Crippen LogP contribution < -0.4 is 10.2 Å². The van der Waals surface area contributed by atoms with E-state index in [2.05, 4.69) is 20.3 Å². The van der Waals surface area contributed by atoms with Gasteiger partial charge in [0.05, 0.1) is 25.0 Å². The van der Waals surface area contributed by atoms with E-state index in [1.807, 2.05) is 24.8 Å². The van der Waals surface area contributed by atoms with Gasteiger partial charge in [0.15, 0.2) is 0 Å². The van der Waals surface area contributed by atoms with Crippen LogP contribution in [0.4, 0.5) is 23.2 Å². The van der Waals surface area contributed by atoms with Gasteiger partial charge < -0.3 is 20.1 Å². The van der Waals surface area contributed by atoms with Crippen molar-refractivity contribution < 1.29 is 32.2 Å². The lowest BCUT2D eigenvalue weighted by molar-refractivity contribution is -0.141. The highest BCUT2D eigenvalue weighted by Gasteiger charge is 2.47. The first-order chi connectivity index (χ1) is 22.5. The van der Waals surface area contributed by atoms with Crippen LogP contribution in [-0.2, 0) is 28.7 Å². The van der Waals surface area contributed by atoms with Gasteiger partial charge in [-0.15, -0.1) is 0 Å². The van der Waals surface area contributed by atoms with Gasteiger partial charge in [0.2, 0.25) is 0 Å². The van der Waals surface area contributed by atoms with Gasteiger partial charge in [0.25, 0.3) is 5.91 Å². The molecule has 2 saturated carbocycles. The number of amidine groups is 1. The second-order valence-electron chi connectivity index (χ2n) is 13.0. The number of alkyl halides is 3. The number of carbonyl (C=O) groups excluding carboxylic acids is 1. The number of amides is 1. The number of benzene rings is 1. The molecule has 9 nitrogen and oxygen atoms in total. The first-order valence-corrected chi connectivity index (χ1v) is 16.1. The van der Waals surface area contributed by atoms with Gasteiger partial charge in [-0.1, -0.05) is 0 Å². The first-order valence-electron chi connectivity index (χ1n) is 16.1. The molecule has 0 radical (unpaired) electrons. The standard InChI is InChI=1S/C34H36F4N6O3/c1-18-29(19(2)40-28(39-18)9-14-45)21-15-25(35)24(17-47-22-5-6-22)26(16-21)44-12-10-33(11-13-44)32(46)42-31(43-33)23-7-8-27(34(36,37)38)41-30(23)20-3-4-20/h7-8,15-16,20,22,45H,3-6,9-14,17H2,1-2H3,(H,42,43,46). The molecule has 1 saturated heterocycles. The van der Waals surface area contributed by atoms with Crippen LogP contribution in [0.1, 0.15) is 84.2 Å². The van der Waals surface area contributed by atoms with Crippen molar-refractivity contribution in [3.05, 3.63) is 69.8 Å². The van der Waals surface area contributed by atoms with Crippen LogP contribution in [0.5, 0.6) is 0 Å². The molecule has 1 amide bonds. The molecule has 1 spiro atoms. The number of aliphatic hydroxyl groups excluding tert-OH is 1. The lowest BCUT2D eigenvalue weighted by Gasteiger charge is -2.38. The Hall–Kier alpha value is -3.97. The van der Waals surface area contributed by atoms with Crippen LogP contribution in [0, 0.1) is 19.7 Å². The molecule has 13 heteroatoms. The molecular weight excluding hydrogens is 616 g/mol. The molecule has 7 rings (SSSR count). The summed E-state index contributed by atoms with van der Waals surface area (Å²) in [6, 6.07) is 5.71. The van der Waals surface area contributed by atoms with E-state index in [9.17, 15) is 23.1 Å². The third kappa shape index (κ3) is 6.22. The fourth-order valence-corrected chi connectivity index (χ4v) is 6.64. The lowest BCUT2D eigenvalue weighted by Crippen LogP contribution is -2.49. The maximum absolute atomic E-state index is 15.9. The summed E-state index contributed by atoms with van der Waals surface area (Å²) in [5.74, 6) is -0.00904. The van der Waals surface area contributed by atoms with E-state index in [0.29, 0.717) is 77.6 Å². The Morgan fingerprint density at radius 2 is 1.74 bits per heavy atom. The number of piperidine rings is 1. The number of rotatable bonds is 9. The van der Waals surface area contributed by atoms with Crippen LogP contribution in [0.25, 0.3) is 11.1 Å². The maximum atomic E-state index is 15.9. The Labute approximate surface area is 269 Å². The van der Waals surface area contributed by atoms with Gasteiger partial charge in [0, 0.05) is 59.2 Å². The highest BCUT2D eigenvalue weighted by atomic mass is 19.4. The van der Waals surface area contributed by atoms with Crippen molar-refractivity contribution in [1.82, 2.24) is 20.3 Å². The molecule has 3 fully saturated rings. The van der Waals surface area contributed by atoms with E-state index < -0.39 is 23.2 Å². The lowest BCUT2D eigenvalue weighted by atomic mass is 9.87. The SMILES string of the molecule is Cc1nc(CCO)nc(C)c1-c1cc(F)c(COC2CC2)c(N2CCC3(CC2)N=C(c2ccc(C(F)(F)F)nc2C2CC2)NC3=O)c1. The predicted octanol–water partition coefficient (Wildman–Crippen LogP) is 5.32. The summed E-state index contributed by atoms with van der Waals surface area (Å²) in [6.45, 7) is 4.52. The number of hydrogen-bond acceptors (Lipinski definition) is 8. The quantitative estimate of drug-likeness (QED) is 0.301. The molecule has 1 aromatic carbocycles. The highest BCUT2D eigenvalue weighted by Crippen LogP contribution is 2.44. The smallest absolute Gasteiger partial charge is 0.396 e. The average molecular weight is 653 g/mol. The Morgan fingerprint density at radius 1 is 1.04 bits per heavy atom. The minimum Gasteiger partial charge on any atom is -0.396 e. The summed E-state index contributed by atoms with van der Waals surface area (Å²) in [5, 5.41) is 12.2. The first kappa shape index (κ1) is 31.6. The summed E-state index contributed by atoms with van der Waals surface area (Å²) in [4.78, 5) is 33.3. The van der Waals surface area contributed by atoms with Crippen molar-refractivity contribution in [2.75, 3.05) is 24.6 Å². The van der Waals surface area contributed by atoms with Crippen LogP contribution in [0.3, 0.4) is 0 Å². The maximum Gasteiger partial charge on any atom is 0.433 e. The largest absolute Gasteiger partial charge is 0.433 e. The minimum absolute atomic E-state index is 0.0738. The van der Waals surface area contributed by atoms with Crippen LogP contribution in [-0.4, -0.2) is 63.1 Å². The summed E-state index contributed by atoms with van der Waals surface area (Å²) < 4.78 is 62.2. The molecule has 4 aliphatic rings. The molecule has 0 unspecified atom stereocenters. The van der Waals surface area contributed by atoms with Crippen molar-refractivity contribution >= 4 is 17.4 Å².